The van der Waals surface area contributed by atoms with E-state index in [9.17, 15) is 10.1 Å². The molecule has 70 valence electrons. The maximum atomic E-state index is 10.6. The van der Waals surface area contributed by atoms with Crippen LogP contribution >= 0.6 is 0 Å². The van der Waals surface area contributed by atoms with Crippen molar-refractivity contribution < 1.29 is 4.92 Å². The molecule has 0 heterocycles. The van der Waals surface area contributed by atoms with Crippen LogP contribution in [0.5, 0.6) is 0 Å². The van der Waals surface area contributed by atoms with Crippen LogP contribution in [-0.2, 0) is 6.54 Å². The molecule has 0 saturated carbocycles. The first-order chi connectivity index (χ1) is 6.07. The van der Waals surface area contributed by atoms with Gasteiger partial charge in [0.1, 0.15) is 0 Å². The molecule has 4 N–H and O–H groups in total. The molecule has 0 saturated heterocycles. The number of hydrogen-bond acceptors (Lipinski definition) is 4. The van der Waals surface area contributed by atoms with Crippen molar-refractivity contribution in [3.05, 3.63) is 33.4 Å². The first-order valence-corrected chi connectivity index (χ1v) is 3.80. The molecule has 0 aliphatic heterocycles. The molecule has 0 spiro atoms. The van der Waals surface area contributed by atoms with Gasteiger partial charge in [0.15, 0.2) is 0 Å². The molecule has 0 aliphatic carbocycles. The van der Waals surface area contributed by atoms with Crippen molar-refractivity contribution >= 4 is 11.4 Å². The maximum Gasteiger partial charge on any atom is 0.278 e. The standard InChI is InChI=1S/C8H11N3O2/c1-5-2-3-7(10)6(4-9)8(5)11(12)13/h2-3H,4,9-10H2,1H3. The molecule has 0 fully saturated rings. The van der Waals surface area contributed by atoms with E-state index in [1.807, 2.05) is 0 Å². The molecule has 0 radical (unpaired) electrons. The Kier molecular flexibility index (Phi) is 2.48. The zero-order chi connectivity index (χ0) is 10.0. The van der Waals surface area contributed by atoms with Crippen LogP contribution < -0.4 is 11.5 Å². The third-order valence-corrected chi connectivity index (χ3v) is 1.91. The highest BCUT2D eigenvalue weighted by Gasteiger charge is 2.18. The Morgan fingerprint density at radius 3 is 2.54 bits per heavy atom. The molecule has 0 unspecified atom stereocenters. The Morgan fingerprint density at radius 2 is 2.15 bits per heavy atom. The monoisotopic (exact) mass is 181 g/mol. The largest absolute Gasteiger partial charge is 0.398 e. The summed E-state index contributed by atoms with van der Waals surface area (Å²) in [5.41, 5.74) is 12.3. The van der Waals surface area contributed by atoms with Crippen molar-refractivity contribution in [1.82, 2.24) is 0 Å². The van der Waals surface area contributed by atoms with Gasteiger partial charge in [-0.3, -0.25) is 10.1 Å². The Labute approximate surface area is 75.5 Å². The first-order valence-electron chi connectivity index (χ1n) is 3.80. The molecule has 0 atom stereocenters. The second kappa shape index (κ2) is 3.40. The van der Waals surface area contributed by atoms with Crippen molar-refractivity contribution in [2.24, 2.45) is 5.73 Å². The van der Waals surface area contributed by atoms with Crippen LogP contribution in [0.25, 0.3) is 0 Å². The summed E-state index contributed by atoms with van der Waals surface area (Å²) < 4.78 is 0. The van der Waals surface area contributed by atoms with Gasteiger partial charge in [-0.15, -0.1) is 0 Å². The number of anilines is 1. The third-order valence-electron chi connectivity index (χ3n) is 1.91. The zero-order valence-corrected chi connectivity index (χ0v) is 7.28. The second-order valence-electron chi connectivity index (χ2n) is 2.76. The van der Waals surface area contributed by atoms with Gasteiger partial charge in [0.05, 0.1) is 10.5 Å². The Balaban J connectivity index is 3.43. The van der Waals surface area contributed by atoms with E-state index in [1.54, 1.807) is 19.1 Å². The van der Waals surface area contributed by atoms with Crippen molar-refractivity contribution in [3.8, 4) is 0 Å². The number of rotatable bonds is 2. The van der Waals surface area contributed by atoms with Crippen molar-refractivity contribution in [1.29, 1.82) is 0 Å². The van der Waals surface area contributed by atoms with Gasteiger partial charge in [0.2, 0.25) is 0 Å². The molecule has 0 aromatic heterocycles. The Hall–Kier alpha value is -1.62. The van der Waals surface area contributed by atoms with E-state index >= 15 is 0 Å². The molecule has 0 amide bonds. The minimum atomic E-state index is -0.451. The summed E-state index contributed by atoms with van der Waals surface area (Å²) in [6, 6.07) is 3.25. The van der Waals surface area contributed by atoms with Crippen LogP contribution in [0.3, 0.4) is 0 Å². The summed E-state index contributed by atoms with van der Waals surface area (Å²) in [4.78, 5) is 10.2. The summed E-state index contributed by atoms with van der Waals surface area (Å²) >= 11 is 0. The van der Waals surface area contributed by atoms with E-state index in [0.717, 1.165) is 0 Å². The maximum absolute atomic E-state index is 10.6. The van der Waals surface area contributed by atoms with Crippen molar-refractivity contribution in [3.63, 3.8) is 0 Å². The van der Waals surface area contributed by atoms with E-state index in [4.69, 9.17) is 11.5 Å². The first kappa shape index (κ1) is 9.47. The summed E-state index contributed by atoms with van der Waals surface area (Å²) in [5.74, 6) is 0. The second-order valence-corrected chi connectivity index (χ2v) is 2.76. The number of aryl methyl sites for hydroxylation is 1. The van der Waals surface area contributed by atoms with Crippen molar-refractivity contribution in [2.45, 2.75) is 13.5 Å². The fourth-order valence-electron chi connectivity index (χ4n) is 1.24. The predicted octanol–water partition coefficient (Wildman–Crippen LogP) is 0.944. The lowest BCUT2D eigenvalue weighted by atomic mass is 10.1. The molecular weight excluding hydrogens is 170 g/mol. The fraction of sp³-hybridized carbons (Fsp3) is 0.250. The molecule has 0 aliphatic rings. The quantitative estimate of drug-likeness (QED) is 0.403. The van der Waals surface area contributed by atoms with Gasteiger partial charge in [-0.2, -0.15) is 0 Å². The molecule has 5 heteroatoms. The summed E-state index contributed by atoms with van der Waals surface area (Å²) in [7, 11) is 0. The molecule has 1 aromatic rings. The molecule has 13 heavy (non-hydrogen) atoms. The third kappa shape index (κ3) is 1.59. The van der Waals surface area contributed by atoms with Gasteiger partial charge in [-0.25, -0.2) is 0 Å². The van der Waals surface area contributed by atoms with Gasteiger partial charge >= 0.3 is 0 Å². The SMILES string of the molecule is Cc1ccc(N)c(CN)c1[N+](=O)[O-]. The highest BCUT2D eigenvalue weighted by Crippen LogP contribution is 2.27. The number of nitrogens with two attached hydrogens (primary N) is 2. The van der Waals surface area contributed by atoms with Gasteiger partial charge < -0.3 is 11.5 Å². The summed E-state index contributed by atoms with van der Waals surface area (Å²) in [6.45, 7) is 1.75. The van der Waals surface area contributed by atoms with Gasteiger partial charge in [-0.05, 0) is 13.0 Å². The average molecular weight is 181 g/mol. The normalized spacial score (nSPS) is 10.0. The number of benzene rings is 1. The summed E-state index contributed by atoms with van der Waals surface area (Å²) in [5, 5.41) is 10.6. The molecule has 5 nitrogen and oxygen atoms in total. The number of hydrogen-bond donors (Lipinski definition) is 2. The van der Waals surface area contributed by atoms with E-state index < -0.39 is 4.92 Å². The lowest BCUT2D eigenvalue weighted by molar-refractivity contribution is -0.386. The van der Waals surface area contributed by atoms with E-state index in [2.05, 4.69) is 0 Å². The molecule has 1 aromatic carbocycles. The number of nitro groups is 1. The predicted molar refractivity (Wildman–Crippen MR) is 50.1 cm³/mol. The van der Waals surface area contributed by atoms with Crippen LogP contribution in [0.15, 0.2) is 12.1 Å². The smallest absolute Gasteiger partial charge is 0.278 e. The zero-order valence-electron chi connectivity index (χ0n) is 7.28. The lowest BCUT2D eigenvalue weighted by Crippen LogP contribution is -2.07. The highest BCUT2D eigenvalue weighted by atomic mass is 16.6. The Morgan fingerprint density at radius 1 is 1.54 bits per heavy atom. The number of nitro benzene ring substituents is 1. The van der Waals surface area contributed by atoms with E-state index in [0.29, 0.717) is 16.8 Å². The fourth-order valence-corrected chi connectivity index (χ4v) is 1.24. The topological polar surface area (TPSA) is 95.2 Å². The van der Waals surface area contributed by atoms with Crippen LogP contribution in [0, 0.1) is 17.0 Å². The highest BCUT2D eigenvalue weighted by molar-refractivity contribution is 5.61. The minimum absolute atomic E-state index is 0.0301. The summed E-state index contributed by atoms with van der Waals surface area (Å²) in [6.07, 6.45) is 0. The lowest BCUT2D eigenvalue weighted by Gasteiger charge is -2.05. The molecule has 1 rings (SSSR count). The Bertz CT molecular complexity index is 349. The van der Waals surface area contributed by atoms with Crippen LogP contribution in [-0.4, -0.2) is 4.92 Å². The van der Waals surface area contributed by atoms with Gasteiger partial charge in [-0.1, -0.05) is 6.07 Å². The van der Waals surface area contributed by atoms with Gasteiger partial charge in [0.25, 0.3) is 5.69 Å². The molecule has 0 bridgehead atoms. The minimum Gasteiger partial charge on any atom is -0.398 e. The van der Waals surface area contributed by atoms with Crippen LogP contribution in [0.2, 0.25) is 0 Å². The number of nitrogen functional groups attached to an aromatic ring is 1. The van der Waals surface area contributed by atoms with E-state index in [-0.39, 0.29) is 12.2 Å². The van der Waals surface area contributed by atoms with Crippen LogP contribution in [0.4, 0.5) is 11.4 Å². The number of nitrogens with zero attached hydrogens (tertiary/aromatic N) is 1. The molecular formula is C8H11N3O2. The average Bonchev–Trinajstić information content (AvgIpc) is 2.07. The van der Waals surface area contributed by atoms with Crippen molar-refractivity contribution in [2.75, 3.05) is 5.73 Å². The van der Waals surface area contributed by atoms with Crippen LogP contribution in [0.1, 0.15) is 11.1 Å². The van der Waals surface area contributed by atoms with E-state index in [1.165, 1.54) is 0 Å². The van der Waals surface area contributed by atoms with Gasteiger partial charge in [0, 0.05) is 17.8 Å².